The summed E-state index contributed by atoms with van der Waals surface area (Å²) in [5.41, 5.74) is 0.656. The van der Waals surface area contributed by atoms with E-state index in [0.717, 1.165) is 31.7 Å². The summed E-state index contributed by atoms with van der Waals surface area (Å²) >= 11 is 0. The highest BCUT2D eigenvalue weighted by atomic mass is 16.1. The van der Waals surface area contributed by atoms with Gasteiger partial charge in [-0.2, -0.15) is 4.98 Å². The first-order chi connectivity index (χ1) is 9.28. The fourth-order valence-corrected chi connectivity index (χ4v) is 2.17. The van der Waals surface area contributed by atoms with Crippen LogP contribution in [-0.4, -0.2) is 38.6 Å². The molecule has 1 aliphatic heterocycles. The molecule has 1 saturated heterocycles. The van der Waals surface area contributed by atoms with Gasteiger partial charge in [-0.1, -0.05) is 6.58 Å². The van der Waals surface area contributed by atoms with Crippen LogP contribution >= 0.6 is 0 Å². The van der Waals surface area contributed by atoms with Crippen LogP contribution in [0, 0.1) is 0 Å². The number of amides is 1. The van der Waals surface area contributed by atoms with Crippen molar-refractivity contribution in [2.45, 2.75) is 12.8 Å². The number of rotatable bonds is 3. The first kappa shape index (κ1) is 11.6. The van der Waals surface area contributed by atoms with Crippen molar-refractivity contribution in [2.75, 3.05) is 23.3 Å². The van der Waals surface area contributed by atoms with Gasteiger partial charge < -0.3 is 4.90 Å². The van der Waals surface area contributed by atoms with E-state index in [1.165, 1.54) is 6.08 Å². The van der Waals surface area contributed by atoms with E-state index in [4.69, 9.17) is 0 Å². The van der Waals surface area contributed by atoms with E-state index in [-0.39, 0.29) is 11.9 Å². The molecule has 1 N–H and O–H groups in total. The third kappa shape index (κ3) is 2.14. The van der Waals surface area contributed by atoms with E-state index in [9.17, 15) is 4.79 Å². The van der Waals surface area contributed by atoms with Gasteiger partial charge in [-0.15, -0.1) is 5.10 Å². The van der Waals surface area contributed by atoms with Crippen LogP contribution in [0.3, 0.4) is 0 Å². The molecule has 0 aromatic carbocycles. The lowest BCUT2D eigenvalue weighted by Crippen LogP contribution is -2.20. The Labute approximate surface area is 110 Å². The lowest BCUT2D eigenvalue weighted by Gasteiger charge is -2.15. The number of carbonyl (C=O) groups excluding carboxylic acids is 1. The largest absolute Gasteiger partial charge is 0.353 e. The number of aromatic nitrogens is 4. The van der Waals surface area contributed by atoms with Crippen molar-refractivity contribution in [3.05, 3.63) is 25.0 Å². The van der Waals surface area contributed by atoms with E-state index in [0.29, 0.717) is 5.65 Å². The highest BCUT2D eigenvalue weighted by molar-refractivity contribution is 5.97. The highest BCUT2D eigenvalue weighted by Crippen LogP contribution is 2.22. The van der Waals surface area contributed by atoms with Crippen LogP contribution in [0.4, 0.5) is 11.8 Å². The number of anilines is 2. The minimum atomic E-state index is -0.327. The van der Waals surface area contributed by atoms with Gasteiger partial charge in [0.1, 0.15) is 0 Å². The zero-order chi connectivity index (χ0) is 13.2. The first-order valence-corrected chi connectivity index (χ1v) is 6.17. The van der Waals surface area contributed by atoms with Crippen molar-refractivity contribution in [2.24, 2.45) is 0 Å². The molecule has 2 aromatic rings. The molecule has 0 unspecified atom stereocenters. The van der Waals surface area contributed by atoms with Crippen LogP contribution in [-0.2, 0) is 4.79 Å². The molecule has 0 saturated carbocycles. The summed E-state index contributed by atoms with van der Waals surface area (Å²) in [6.45, 7) is 5.36. The molecule has 19 heavy (non-hydrogen) atoms. The van der Waals surface area contributed by atoms with Crippen LogP contribution in [0.15, 0.2) is 25.0 Å². The topological polar surface area (TPSA) is 75.4 Å². The Morgan fingerprint density at radius 2 is 2.21 bits per heavy atom. The van der Waals surface area contributed by atoms with Gasteiger partial charge in [-0.3, -0.25) is 10.1 Å². The van der Waals surface area contributed by atoms with E-state index in [2.05, 4.69) is 31.9 Å². The van der Waals surface area contributed by atoms with Crippen molar-refractivity contribution >= 4 is 23.3 Å². The lowest BCUT2D eigenvalue weighted by atomic mass is 10.4. The molecular weight excluding hydrogens is 244 g/mol. The third-order valence-corrected chi connectivity index (χ3v) is 3.06. The van der Waals surface area contributed by atoms with E-state index < -0.39 is 0 Å². The second-order valence-electron chi connectivity index (χ2n) is 4.34. The number of carbonyl (C=O) groups is 1. The molecule has 0 radical (unpaired) electrons. The maximum Gasteiger partial charge on any atom is 0.250 e. The molecule has 0 aliphatic carbocycles. The van der Waals surface area contributed by atoms with E-state index in [1.54, 1.807) is 16.9 Å². The second kappa shape index (κ2) is 4.68. The van der Waals surface area contributed by atoms with Gasteiger partial charge in [-0.25, -0.2) is 9.50 Å². The maximum atomic E-state index is 11.3. The van der Waals surface area contributed by atoms with Gasteiger partial charge in [0, 0.05) is 25.5 Å². The van der Waals surface area contributed by atoms with Crippen LogP contribution in [0.5, 0.6) is 0 Å². The summed E-state index contributed by atoms with van der Waals surface area (Å²) < 4.78 is 1.62. The molecule has 1 amide bonds. The molecule has 7 nitrogen and oxygen atoms in total. The summed E-state index contributed by atoms with van der Waals surface area (Å²) in [7, 11) is 0. The molecule has 3 rings (SSSR count). The smallest absolute Gasteiger partial charge is 0.250 e. The van der Waals surface area contributed by atoms with Gasteiger partial charge in [-0.05, 0) is 18.9 Å². The minimum absolute atomic E-state index is 0.262. The lowest BCUT2D eigenvalue weighted by molar-refractivity contribution is -0.111. The average Bonchev–Trinajstić information content (AvgIpc) is 3.06. The van der Waals surface area contributed by atoms with Gasteiger partial charge in [0.05, 0.1) is 0 Å². The minimum Gasteiger partial charge on any atom is -0.353 e. The first-order valence-electron chi connectivity index (χ1n) is 6.17. The number of fused-ring (bicyclic) bond motifs is 1. The number of nitrogens with zero attached hydrogens (tertiary/aromatic N) is 5. The van der Waals surface area contributed by atoms with E-state index >= 15 is 0 Å². The summed E-state index contributed by atoms with van der Waals surface area (Å²) in [4.78, 5) is 22.1. The fraction of sp³-hybridized carbons (Fsp3) is 0.333. The van der Waals surface area contributed by atoms with Crippen LogP contribution < -0.4 is 10.2 Å². The van der Waals surface area contributed by atoms with Gasteiger partial charge in [0.2, 0.25) is 11.9 Å². The Morgan fingerprint density at radius 1 is 1.42 bits per heavy atom. The summed E-state index contributed by atoms with van der Waals surface area (Å²) in [5.74, 6) is 0.747. The van der Waals surface area contributed by atoms with Gasteiger partial charge in [0.15, 0.2) is 11.5 Å². The molecule has 1 fully saturated rings. The average molecular weight is 258 g/mol. The molecule has 0 atom stereocenters. The molecule has 0 bridgehead atoms. The number of hydrogen-bond acceptors (Lipinski definition) is 5. The maximum absolute atomic E-state index is 11.3. The molecule has 0 spiro atoms. The number of nitrogens with one attached hydrogen (secondary N) is 1. The highest BCUT2D eigenvalue weighted by Gasteiger charge is 2.18. The molecule has 7 heteroatoms. The predicted molar refractivity (Wildman–Crippen MR) is 71.1 cm³/mol. The zero-order valence-electron chi connectivity index (χ0n) is 10.4. The summed E-state index contributed by atoms with van der Waals surface area (Å²) in [5, 5.41) is 6.74. The van der Waals surface area contributed by atoms with Crippen LogP contribution in [0.2, 0.25) is 0 Å². The van der Waals surface area contributed by atoms with Crippen molar-refractivity contribution in [1.29, 1.82) is 0 Å². The van der Waals surface area contributed by atoms with Gasteiger partial charge >= 0.3 is 0 Å². The second-order valence-corrected chi connectivity index (χ2v) is 4.34. The van der Waals surface area contributed by atoms with Gasteiger partial charge in [0.25, 0.3) is 0 Å². The standard InChI is InChI=1S/C12H14N6O/c1-2-9(19)14-12-15-11-10(17-6-3-4-7-17)13-5-8-18(11)16-12/h2,5,8H,1,3-4,6-7H2,(H,14,16,19). The van der Waals surface area contributed by atoms with Crippen molar-refractivity contribution in [1.82, 2.24) is 19.6 Å². The summed E-state index contributed by atoms with van der Waals surface area (Å²) in [6, 6.07) is 0. The van der Waals surface area contributed by atoms with Crippen LogP contribution in [0.25, 0.3) is 5.65 Å². The Balaban J connectivity index is 1.99. The van der Waals surface area contributed by atoms with E-state index in [1.807, 2.05) is 0 Å². The molecular formula is C12H14N6O. The van der Waals surface area contributed by atoms with Crippen molar-refractivity contribution in [3.8, 4) is 0 Å². The van der Waals surface area contributed by atoms with Crippen LogP contribution in [0.1, 0.15) is 12.8 Å². The SMILES string of the molecule is C=CC(=O)Nc1nc2c(N3CCCC3)nccn2n1. The zero-order valence-corrected chi connectivity index (χ0v) is 10.4. The Bertz CT molecular complexity index is 628. The Kier molecular flexibility index (Phi) is 2.86. The third-order valence-electron chi connectivity index (χ3n) is 3.06. The molecule has 2 aromatic heterocycles. The summed E-state index contributed by atoms with van der Waals surface area (Å²) in [6.07, 6.45) is 6.92. The Morgan fingerprint density at radius 3 is 2.95 bits per heavy atom. The quantitative estimate of drug-likeness (QED) is 0.826. The van der Waals surface area contributed by atoms with Crippen molar-refractivity contribution < 1.29 is 4.79 Å². The number of hydrogen-bond donors (Lipinski definition) is 1. The molecule has 3 heterocycles. The predicted octanol–water partition coefficient (Wildman–Crippen LogP) is 0.849. The monoisotopic (exact) mass is 258 g/mol. The Hall–Kier alpha value is -2.44. The molecule has 1 aliphatic rings. The fourth-order valence-electron chi connectivity index (χ4n) is 2.17. The normalized spacial score (nSPS) is 14.8. The van der Waals surface area contributed by atoms with Crippen molar-refractivity contribution in [3.63, 3.8) is 0 Å². The molecule has 98 valence electrons.